The van der Waals surface area contributed by atoms with Crippen LogP contribution < -0.4 is 11.1 Å². The van der Waals surface area contributed by atoms with Gasteiger partial charge in [-0.2, -0.15) is 0 Å². The van der Waals surface area contributed by atoms with E-state index in [9.17, 15) is 0 Å². The fourth-order valence-corrected chi connectivity index (χ4v) is 1.90. The average molecular weight is 285 g/mol. The topological polar surface area (TPSA) is 38.0 Å². The maximum Gasteiger partial charge on any atom is 0.0175 e. The van der Waals surface area contributed by atoms with Gasteiger partial charge in [0, 0.05) is 16.4 Å². The number of nitrogens with two attached hydrogens (primary N) is 1. The van der Waals surface area contributed by atoms with Crippen LogP contribution in [0.2, 0.25) is 0 Å². The maximum absolute atomic E-state index is 5.46. The third-order valence-corrected chi connectivity index (χ3v) is 3.28. The highest BCUT2D eigenvalue weighted by Gasteiger charge is 2.19. The summed E-state index contributed by atoms with van der Waals surface area (Å²) < 4.78 is 1.13. The number of nitrogens with one attached hydrogen (secondary N) is 1. The van der Waals surface area contributed by atoms with Crippen molar-refractivity contribution in [2.45, 2.75) is 25.7 Å². The van der Waals surface area contributed by atoms with Crippen molar-refractivity contribution in [2.75, 3.05) is 19.6 Å². The van der Waals surface area contributed by atoms with E-state index < -0.39 is 0 Å². The molecule has 0 unspecified atom stereocenters. The maximum atomic E-state index is 5.46. The molecule has 0 heterocycles. The van der Waals surface area contributed by atoms with Gasteiger partial charge in [-0.05, 0) is 37.2 Å². The molecule has 3 heteroatoms. The molecule has 0 aliphatic rings. The summed E-state index contributed by atoms with van der Waals surface area (Å²) in [5.74, 6) is 0. The van der Waals surface area contributed by atoms with Crippen LogP contribution >= 0.6 is 15.9 Å². The van der Waals surface area contributed by atoms with Crippen molar-refractivity contribution in [3.8, 4) is 0 Å². The quantitative estimate of drug-likeness (QED) is 0.789. The van der Waals surface area contributed by atoms with E-state index in [1.54, 1.807) is 0 Å². The smallest absolute Gasteiger partial charge is 0.0175 e. The fraction of sp³-hybridized carbons (Fsp3) is 0.538. The van der Waals surface area contributed by atoms with Gasteiger partial charge in [-0.15, -0.1) is 0 Å². The number of benzene rings is 1. The summed E-state index contributed by atoms with van der Waals surface area (Å²) in [5, 5.41) is 3.45. The van der Waals surface area contributed by atoms with Crippen molar-refractivity contribution in [3.63, 3.8) is 0 Å². The molecular formula is C13H21BrN2. The highest BCUT2D eigenvalue weighted by Crippen LogP contribution is 2.23. The standard InChI is InChI=1S/C13H21BrN2/c1-13(2,10-16-9-3-8-15)11-4-6-12(14)7-5-11/h4-7,16H,3,8-10,15H2,1-2H3. The lowest BCUT2D eigenvalue weighted by Crippen LogP contribution is -2.34. The van der Waals surface area contributed by atoms with Crippen LogP contribution in [0, 0.1) is 0 Å². The highest BCUT2D eigenvalue weighted by molar-refractivity contribution is 9.10. The zero-order valence-electron chi connectivity index (χ0n) is 10.1. The second-order valence-corrected chi connectivity index (χ2v) is 5.63. The lowest BCUT2D eigenvalue weighted by atomic mass is 9.84. The van der Waals surface area contributed by atoms with Gasteiger partial charge in [-0.25, -0.2) is 0 Å². The van der Waals surface area contributed by atoms with Crippen molar-refractivity contribution in [1.82, 2.24) is 5.32 Å². The van der Waals surface area contributed by atoms with E-state index in [-0.39, 0.29) is 5.41 Å². The molecule has 0 saturated carbocycles. The Morgan fingerprint density at radius 1 is 1.25 bits per heavy atom. The Kier molecular flexibility index (Phi) is 5.46. The zero-order chi connectivity index (χ0) is 12.0. The molecule has 0 bridgehead atoms. The van der Waals surface area contributed by atoms with Crippen LogP contribution in [0.5, 0.6) is 0 Å². The summed E-state index contributed by atoms with van der Waals surface area (Å²) in [6.45, 7) is 7.24. The molecule has 2 nitrogen and oxygen atoms in total. The largest absolute Gasteiger partial charge is 0.330 e. The van der Waals surface area contributed by atoms with Crippen molar-refractivity contribution in [2.24, 2.45) is 5.73 Å². The number of halogens is 1. The molecule has 16 heavy (non-hydrogen) atoms. The molecule has 0 aliphatic heterocycles. The third kappa shape index (κ3) is 4.24. The third-order valence-electron chi connectivity index (χ3n) is 2.75. The Bertz CT molecular complexity index is 306. The molecule has 3 N–H and O–H groups in total. The molecule has 0 radical (unpaired) electrons. The van der Waals surface area contributed by atoms with E-state index in [2.05, 4.69) is 59.4 Å². The SMILES string of the molecule is CC(C)(CNCCCN)c1ccc(Br)cc1. The van der Waals surface area contributed by atoms with Gasteiger partial charge in [-0.1, -0.05) is 41.9 Å². The van der Waals surface area contributed by atoms with E-state index in [0.29, 0.717) is 0 Å². The van der Waals surface area contributed by atoms with Gasteiger partial charge >= 0.3 is 0 Å². The Morgan fingerprint density at radius 2 is 1.88 bits per heavy atom. The van der Waals surface area contributed by atoms with Crippen molar-refractivity contribution >= 4 is 15.9 Å². The minimum atomic E-state index is 0.162. The van der Waals surface area contributed by atoms with Gasteiger partial charge in [0.1, 0.15) is 0 Å². The normalized spacial score (nSPS) is 11.8. The van der Waals surface area contributed by atoms with E-state index >= 15 is 0 Å². The Morgan fingerprint density at radius 3 is 2.44 bits per heavy atom. The lowest BCUT2D eigenvalue weighted by Gasteiger charge is -2.26. The molecular weight excluding hydrogens is 264 g/mol. The van der Waals surface area contributed by atoms with Crippen LogP contribution in [0.15, 0.2) is 28.7 Å². The first kappa shape index (κ1) is 13.7. The number of rotatable bonds is 6. The number of hydrogen-bond donors (Lipinski definition) is 2. The molecule has 0 aliphatic carbocycles. The van der Waals surface area contributed by atoms with Gasteiger partial charge in [0.25, 0.3) is 0 Å². The molecule has 0 amide bonds. The summed E-state index contributed by atoms with van der Waals surface area (Å²) in [6, 6.07) is 8.54. The average Bonchev–Trinajstić information content (AvgIpc) is 2.25. The van der Waals surface area contributed by atoms with Gasteiger partial charge in [0.2, 0.25) is 0 Å². The summed E-state index contributed by atoms with van der Waals surface area (Å²) in [6.07, 6.45) is 1.04. The summed E-state index contributed by atoms with van der Waals surface area (Å²) >= 11 is 3.46. The van der Waals surface area contributed by atoms with Crippen LogP contribution in [0.3, 0.4) is 0 Å². The predicted octanol–water partition coefficient (Wildman–Crippen LogP) is 2.67. The second-order valence-electron chi connectivity index (χ2n) is 4.71. The molecule has 0 atom stereocenters. The van der Waals surface area contributed by atoms with Crippen LogP contribution in [0.4, 0.5) is 0 Å². The molecule has 1 rings (SSSR count). The first-order valence-electron chi connectivity index (χ1n) is 5.73. The van der Waals surface area contributed by atoms with Crippen molar-refractivity contribution in [3.05, 3.63) is 34.3 Å². The second kappa shape index (κ2) is 6.38. The van der Waals surface area contributed by atoms with Gasteiger partial charge in [0.15, 0.2) is 0 Å². The zero-order valence-corrected chi connectivity index (χ0v) is 11.7. The minimum Gasteiger partial charge on any atom is -0.330 e. The lowest BCUT2D eigenvalue weighted by molar-refractivity contribution is 0.467. The van der Waals surface area contributed by atoms with Crippen LogP contribution in [0.25, 0.3) is 0 Å². The van der Waals surface area contributed by atoms with Crippen LogP contribution in [-0.2, 0) is 5.41 Å². The first-order valence-corrected chi connectivity index (χ1v) is 6.52. The highest BCUT2D eigenvalue weighted by atomic mass is 79.9. The van der Waals surface area contributed by atoms with Crippen LogP contribution in [-0.4, -0.2) is 19.6 Å². The minimum absolute atomic E-state index is 0.162. The molecule has 1 aromatic carbocycles. The van der Waals surface area contributed by atoms with Crippen LogP contribution in [0.1, 0.15) is 25.8 Å². The van der Waals surface area contributed by atoms with E-state index in [1.807, 2.05) is 0 Å². The molecule has 90 valence electrons. The predicted molar refractivity (Wildman–Crippen MR) is 73.7 cm³/mol. The monoisotopic (exact) mass is 284 g/mol. The molecule has 0 spiro atoms. The van der Waals surface area contributed by atoms with E-state index in [0.717, 1.165) is 30.5 Å². The van der Waals surface area contributed by atoms with Crippen molar-refractivity contribution in [1.29, 1.82) is 0 Å². The van der Waals surface area contributed by atoms with Gasteiger partial charge in [-0.3, -0.25) is 0 Å². The Labute approximate surface area is 107 Å². The fourth-order valence-electron chi connectivity index (χ4n) is 1.63. The molecule has 1 aromatic rings. The Hall–Kier alpha value is -0.380. The molecule has 0 aromatic heterocycles. The van der Waals surface area contributed by atoms with Gasteiger partial charge < -0.3 is 11.1 Å². The van der Waals surface area contributed by atoms with Crippen molar-refractivity contribution < 1.29 is 0 Å². The number of hydrogen-bond acceptors (Lipinski definition) is 2. The van der Waals surface area contributed by atoms with E-state index in [1.165, 1.54) is 5.56 Å². The summed E-state index contributed by atoms with van der Waals surface area (Å²) in [7, 11) is 0. The summed E-state index contributed by atoms with van der Waals surface area (Å²) in [4.78, 5) is 0. The molecule has 0 fully saturated rings. The van der Waals surface area contributed by atoms with Gasteiger partial charge in [0.05, 0.1) is 0 Å². The van der Waals surface area contributed by atoms with E-state index in [4.69, 9.17) is 5.73 Å². The first-order chi connectivity index (χ1) is 7.56. The summed E-state index contributed by atoms with van der Waals surface area (Å²) in [5.41, 5.74) is 6.98. The molecule has 0 saturated heterocycles. The Balaban J connectivity index is 2.52.